The van der Waals surface area contributed by atoms with Crippen molar-refractivity contribution < 1.29 is 9.84 Å². The summed E-state index contributed by atoms with van der Waals surface area (Å²) in [7, 11) is 3.56. The van der Waals surface area contributed by atoms with Crippen molar-refractivity contribution in [2.75, 3.05) is 14.2 Å². The van der Waals surface area contributed by atoms with Gasteiger partial charge in [-0.3, -0.25) is 0 Å². The van der Waals surface area contributed by atoms with Gasteiger partial charge in [0, 0.05) is 6.04 Å². The molecule has 2 N–H and O–H groups in total. The topological polar surface area (TPSA) is 41.5 Å². The summed E-state index contributed by atoms with van der Waals surface area (Å²) in [5.74, 6) is 1.11. The van der Waals surface area contributed by atoms with Crippen molar-refractivity contribution in [3.05, 3.63) is 23.8 Å². The smallest absolute Gasteiger partial charge is 0.122 e. The second kappa shape index (κ2) is 4.86. The summed E-state index contributed by atoms with van der Waals surface area (Å²) < 4.78 is 5.21. The summed E-state index contributed by atoms with van der Waals surface area (Å²) in [6, 6.07) is 5.53. The van der Waals surface area contributed by atoms with Gasteiger partial charge in [-0.1, -0.05) is 0 Å². The van der Waals surface area contributed by atoms with Gasteiger partial charge in [-0.05, 0) is 44.2 Å². The molecule has 0 saturated carbocycles. The molecule has 0 aliphatic carbocycles. The highest BCUT2D eigenvalue weighted by molar-refractivity contribution is 5.40. The third-order valence-electron chi connectivity index (χ3n) is 2.28. The number of nitrogens with one attached hydrogen (secondary N) is 1. The molecule has 0 aromatic heterocycles. The Morgan fingerprint density at radius 2 is 2.21 bits per heavy atom. The molecule has 0 radical (unpaired) electrons. The van der Waals surface area contributed by atoms with Gasteiger partial charge in [0.2, 0.25) is 0 Å². The molecule has 1 aromatic carbocycles. The molecule has 1 rings (SSSR count). The van der Waals surface area contributed by atoms with Crippen molar-refractivity contribution in [1.29, 1.82) is 0 Å². The predicted octanol–water partition coefficient (Wildman–Crippen LogP) is 1.55. The number of hydrogen-bond donors (Lipinski definition) is 2. The van der Waals surface area contributed by atoms with Crippen LogP contribution in [0.3, 0.4) is 0 Å². The third kappa shape index (κ3) is 2.64. The maximum Gasteiger partial charge on any atom is 0.122 e. The summed E-state index contributed by atoms with van der Waals surface area (Å²) in [4.78, 5) is 0. The van der Waals surface area contributed by atoms with Crippen LogP contribution >= 0.6 is 0 Å². The Labute approximate surface area is 84.7 Å². The lowest BCUT2D eigenvalue weighted by Gasteiger charge is -2.13. The maximum absolute atomic E-state index is 9.34. The molecule has 1 atom stereocenters. The summed E-state index contributed by atoms with van der Waals surface area (Å²) in [5.41, 5.74) is 1.02. The predicted molar refractivity (Wildman–Crippen MR) is 56.9 cm³/mol. The van der Waals surface area contributed by atoms with Gasteiger partial charge in [0.05, 0.1) is 7.11 Å². The van der Waals surface area contributed by atoms with Crippen LogP contribution < -0.4 is 10.1 Å². The normalized spacial score (nSPS) is 12.5. The van der Waals surface area contributed by atoms with Crippen LogP contribution in [-0.2, 0) is 6.42 Å². The van der Waals surface area contributed by atoms with E-state index in [2.05, 4.69) is 12.2 Å². The molecular formula is C11H17NO2. The summed E-state index contributed by atoms with van der Waals surface area (Å²) in [5, 5.41) is 12.5. The maximum atomic E-state index is 9.34. The summed E-state index contributed by atoms with van der Waals surface area (Å²) in [6.45, 7) is 2.09. The highest BCUT2D eigenvalue weighted by atomic mass is 16.5. The van der Waals surface area contributed by atoms with Crippen molar-refractivity contribution in [3.63, 3.8) is 0 Å². The number of aromatic hydroxyl groups is 1. The van der Waals surface area contributed by atoms with Gasteiger partial charge in [0.1, 0.15) is 11.5 Å². The van der Waals surface area contributed by atoms with E-state index in [0.717, 1.165) is 17.7 Å². The van der Waals surface area contributed by atoms with Gasteiger partial charge in [0.25, 0.3) is 0 Å². The van der Waals surface area contributed by atoms with E-state index in [4.69, 9.17) is 4.74 Å². The van der Waals surface area contributed by atoms with Crippen molar-refractivity contribution in [2.24, 2.45) is 0 Å². The first kappa shape index (κ1) is 10.9. The SMILES string of the molecule is CN[C@H](C)Cc1cc(O)ccc1OC. The van der Waals surface area contributed by atoms with Crippen LogP contribution in [0.15, 0.2) is 18.2 Å². The largest absolute Gasteiger partial charge is 0.508 e. The Balaban J connectivity index is 2.87. The average molecular weight is 195 g/mol. The van der Waals surface area contributed by atoms with Crippen molar-refractivity contribution in [1.82, 2.24) is 5.32 Å². The number of rotatable bonds is 4. The summed E-state index contributed by atoms with van der Waals surface area (Å²) >= 11 is 0. The lowest BCUT2D eigenvalue weighted by Crippen LogP contribution is -2.23. The van der Waals surface area contributed by atoms with Crippen LogP contribution in [-0.4, -0.2) is 25.3 Å². The van der Waals surface area contributed by atoms with Crippen LogP contribution in [0.25, 0.3) is 0 Å². The number of benzene rings is 1. The third-order valence-corrected chi connectivity index (χ3v) is 2.28. The fourth-order valence-electron chi connectivity index (χ4n) is 1.36. The van der Waals surface area contributed by atoms with E-state index in [1.165, 1.54) is 0 Å². The lowest BCUT2D eigenvalue weighted by atomic mass is 10.1. The van der Waals surface area contributed by atoms with Gasteiger partial charge >= 0.3 is 0 Å². The number of phenols is 1. The molecule has 1 aromatic rings. The molecule has 0 spiro atoms. The molecule has 0 aliphatic heterocycles. The first-order valence-electron chi connectivity index (χ1n) is 4.70. The number of hydrogen-bond acceptors (Lipinski definition) is 3. The molecule has 0 bridgehead atoms. The Hall–Kier alpha value is -1.22. The zero-order valence-corrected chi connectivity index (χ0v) is 8.87. The first-order chi connectivity index (χ1) is 6.67. The van der Waals surface area contributed by atoms with E-state index in [0.29, 0.717) is 6.04 Å². The highest BCUT2D eigenvalue weighted by Crippen LogP contribution is 2.24. The summed E-state index contributed by atoms with van der Waals surface area (Å²) in [6.07, 6.45) is 0.841. The van der Waals surface area contributed by atoms with Gasteiger partial charge in [-0.2, -0.15) is 0 Å². The van der Waals surface area contributed by atoms with Gasteiger partial charge < -0.3 is 15.2 Å². The van der Waals surface area contributed by atoms with Crippen LogP contribution in [0, 0.1) is 0 Å². The monoisotopic (exact) mass is 195 g/mol. The Morgan fingerprint density at radius 3 is 2.79 bits per heavy atom. The van der Waals surface area contributed by atoms with Crippen molar-refractivity contribution in [3.8, 4) is 11.5 Å². The molecular weight excluding hydrogens is 178 g/mol. The molecule has 0 unspecified atom stereocenters. The van der Waals surface area contributed by atoms with E-state index in [9.17, 15) is 5.11 Å². The van der Waals surface area contributed by atoms with Gasteiger partial charge in [-0.25, -0.2) is 0 Å². The molecule has 14 heavy (non-hydrogen) atoms. The van der Waals surface area contributed by atoms with Crippen LogP contribution in [0.1, 0.15) is 12.5 Å². The minimum Gasteiger partial charge on any atom is -0.508 e. The minimum absolute atomic E-state index is 0.282. The quantitative estimate of drug-likeness (QED) is 0.766. The molecule has 0 saturated heterocycles. The molecule has 3 heteroatoms. The van der Waals surface area contributed by atoms with Gasteiger partial charge in [0.15, 0.2) is 0 Å². The fraction of sp³-hybridized carbons (Fsp3) is 0.455. The second-order valence-corrected chi connectivity index (χ2v) is 3.39. The molecule has 0 amide bonds. The van der Waals surface area contributed by atoms with Crippen LogP contribution in [0.5, 0.6) is 11.5 Å². The average Bonchev–Trinajstić information content (AvgIpc) is 2.18. The minimum atomic E-state index is 0.282. The molecule has 0 heterocycles. The van der Waals surface area contributed by atoms with Crippen molar-refractivity contribution >= 4 is 0 Å². The number of phenolic OH excluding ortho intramolecular Hbond substituents is 1. The van der Waals surface area contributed by atoms with E-state index in [1.54, 1.807) is 25.3 Å². The molecule has 0 fully saturated rings. The Morgan fingerprint density at radius 1 is 1.50 bits per heavy atom. The standard InChI is InChI=1S/C11H17NO2/c1-8(12-2)6-9-7-10(13)4-5-11(9)14-3/h4-5,7-8,12-13H,6H2,1-3H3/t8-/m1/s1. The van der Waals surface area contributed by atoms with E-state index < -0.39 is 0 Å². The molecule has 3 nitrogen and oxygen atoms in total. The lowest BCUT2D eigenvalue weighted by molar-refractivity contribution is 0.404. The Kier molecular flexibility index (Phi) is 3.77. The van der Waals surface area contributed by atoms with Gasteiger partial charge in [-0.15, -0.1) is 0 Å². The van der Waals surface area contributed by atoms with Crippen LogP contribution in [0.4, 0.5) is 0 Å². The number of methoxy groups -OCH3 is 1. The van der Waals surface area contributed by atoms with Crippen molar-refractivity contribution in [2.45, 2.75) is 19.4 Å². The molecule has 78 valence electrons. The zero-order chi connectivity index (χ0) is 10.6. The number of ether oxygens (including phenoxy) is 1. The highest BCUT2D eigenvalue weighted by Gasteiger charge is 2.07. The first-order valence-corrected chi connectivity index (χ1v) is 4.70. The van der Waals surface area contributed by atoms with E-state index in [1.807, 2.05) is 7.05 Å². The van der Waals surface area contributed by atoms with E-state index in [-0.39, 0.29) is 5.75 Å². The fourth-order valence-corrected chi connectivity index (χ4v) is 1.36. The van der Waals surface area contributed by atoms with Crippen LogP contribution in [0.2, 0.25) is 0 Å². The second-order valence-electron chi connectivity index (χ2n) is 3.39. The Bertz CT molecular complexity index is 299. The number of likely N-dealkylation sites (N-methyl/N-ethyl adjacent to an activating group) is 1. The van der Waals surface area contributed by atoms with E-state index >= 15 is 0 Å². The molecule has 0 aliphatic rings. The zero-order valence-electron chi connectivity index (χ0n) is 8.87.